The molecule has 0 radical (unpaired) electrons. The second-order valence-corrected chi connectivity index (χ2v) is 6.04. The van der Waals surface area contributed by atoms with Gasteiger partial charge < -0.3 is 14.8 Å². The average molecular weight is 329 g/mol. The van der Waals surface area contributed by atoms with Crippen LogP contribution in [0.1, 0.15) is 25.3 Å². The van der Waals surface area contributed by atoms with Gasteiger partial charge >= 0.3 is 0 Å². The number of para-hydroxylation sites is 1. The van der Waals surface area contributed by atoms with Gasteiger partial charge in [-0.25, -0.2) is 4.68 Å². The molecule has 24 heavy (non-hydrogen) atoms. The van der Waals surface area contributed by atoms with Crippen LogP contribution in [0.5, 0.6) is 5.88 Å². The molecule has 1 aromatic carbocycles. The zero-order valence-corrected chi connectivity index (χ0v) is 14.1. The summed E-state index contributed by atoms with van der Waals surface area (Å²) in [6, 6.07) is 9.79. The van der Waals surface area contributed by atoms with Crippen molar-refractivity contribution in [2.75, 3.05) is 13.2 Å². The first-order valence-electron chi connectivity index (χ1n) is 8.31. The first-order valence-corrected chi connectivity index (χ1v) is 8.31. The molecule has 128 valence electrons. The molecule has 0 aliphatic carbocycles. The van der Waals surface area contributed by atoms with Gasteiger partial charge in [0.05, 0.1) is 11.8 Å². The van der Waals surface area contributed by atoms with Gasteiger partial charge in [-0.3, -0.25) is 4.79 Å². The summed E-state index contributed by atoms with van der Waals surface area (Å²) < 4.78 is 13.0. The first-order chi connectivity index (χ1) is 11.6. The van der Waals surface area contributed by atoms with E-state index >= 15 is 0 Å². The summed E-state index contributed by atoms with van der Waals surface area (Å²) in [7, 11) is 0. The third kappa shape index (κ3) is 3.94. The topological polar surface area (TPSA) is 65.4 Å². The van der Waals surface area contributed by atoms with Crippen LogP contribution in [0.25, 0.3) is 5.69 Å². The second kappa shape index (κ2) is 7.49. The summed E-state index contributed by atoms with van der Waals surface area (Å²) in [5.41, 5.74) is 1.84. The molecule has 0 unspecified atom stereocenters. The molecular formula is C18H23N3O3. The molecule has 0 bridgehead atoms. The number of carbonyl (C=O) groups excluding carboxylic acids is 1. The van der Waals surface area contributed by atoms with E-state index in [2.05, 4.69) is 10.4 Å². The molecule has 1 fully saturated rings. The lowest BCUT2D eigenvalue weighted by Gasteiger charge is -2.15. The number of hydrogen-bond acceptors (Lipinski definition) is 4. The number of aryl methyl sites for hydroxylation is 1. The highest BCUT2D eigenvalue weighted by molar-refractivity contribution is 5.80. The van der Waals surface area contributed by atoms with Gasteiger partial charge in [0.25, 0.3) is 5.91 Å². The maximum absolute atomic E-state index is 12.2. The van der Waals surface area contributed by atoms with Crippen molar-refractivity contribution in [2.24, 2.45) is 0 Å². The largest absolute Gasteiger partial charge is 0.463 e. The molecule has 1 N–H and O–H groups in total. The van der Waals surface area contributed by atoms with E-state index in [1.54, 1.807) is 11.6 Å². The highest BCUT2D eigenvalue weighted by Crippen LogP contribution is 2.19. The van der Waals surface area contributed by atoms with Crippen molar-refractivity contribution in [1.29, 1.82) is 0 Å². The molecule has 1 aliphatic rings. The van der Waals surface area contributed by atoms with Crippen molar-refractivity contribution in [3.63, 3.8) is 0 Å². The fraction of sp³-hybridized carbons (Fsp3) is 0.444. The normalized spacial score (nSPS) is 18.3. The van der Waals surface area contributed by atoms with Crippen LogP contribution >= 0.6 is 0 Å². The fourth-order valence-electron chi connectivity index (χ4n) is 2.66. The summed E-state index contributed by atoms with van der Waals surface area (Å²) in [6.07, 6.45) is 3.46. The second-order valence-electron chi connectivity index (χ2n) is 6.04. The zero-order valence-electron chi connectivity index (χ0n) is 14.1. The highest BCUT2D eigenvalue weighted by Gasteiger charge is 2.21. The Labute approximate surface area is 141 Å². The standard InChI is InChI=1S/C18H23N3O3/c1-13-12-21(15-7-4-3-5-8-15)20-18(13)24-14(2)17(22)19-11-16-9-6-10-23-16/h3-5,7-8,12,14,16H,6,9-11H2,1-2H3,(H,19,22)/t14-,16-/m0/s1. The Morgan fingerprint density at radius 1 is 1.46 bits per heavy atom. The Balaban J connectivity index is 1.58. The van der Waals surface area contributed by atoms with Gasteiger partial charge in [0, 0.05) is 24.9 Å². The maximum Gasteiger partial charge on any atom is 0.260 e. The van der Waals surface area contributed by atoms with Crippen LogP contribution in [0.15, 0.2) is 36.5 Å². The van der Waals surface area contributed by atoms with Gasteiger partial charge in [0.15, 0.2) is 6.10 Å². The number of nitrogens with zero attached hydrogens (tertiary/aromatic N) is 2. The molecule has 0 saturated carbocycles. The fourth-order valence-corrected chi connectivity index (χ4v) is 2.66. The average Bonchev–Trinajstić information content (AvgIpc) is 3.24. The predicted octanol–water partition coefficient (Wildman–Crippen LogP) is 2.24. The lowest BCUT2D eigenvalue weighted by molar-refractivity contribution is -0.127. The van der Waals surface area contributed by atoms with E-state index in [-0.39, 0.29) is 12.0 Å². The van der Waals surface area contributed by atoms with E-state index in [9.17, 15) is 4.79 Å². The first kappa shape index (κ1) is 16.5. The summed E-state index contributed by atoms with van der Waals surface area (Å²) in [5.74, 6) is 0.317. The summed E-state index contributed by atoms with van der Waals surface area (Å²) in [4.78, 5) is 12.2. The summed E-state index contributed by atoms with van der Waals surface area (Å²) in [5, 5.41) is 7.31. The maximum atomic E-state index is 12.2. The molecule has 1 saturated heterocycles. The molecular weight excluding hydrogens is 306 g/mol. The zero-order chi connectivity index (χ0) is 16.9. The molecule has 1 aromatic heterocycles. The number of benzene rings is 1. The van der Waals surface area contributed by atoms with Gasteiger partial charge in [-0.05, 0) is 38.8 Å². The Bertz CT molecular complexity index is 678. The van der Waals surface area contributed by atoms with Crippen molar-refractivity contribution in [3.8, 4) is 11.6 Å². The minimum atomic E-state index is -0.607. The third-order valence-electron chi connectivity index (χ3n) is 4.06. The number of rotatable bonds is 6. The van der Waals surface area contributed by atoms with Gasteiger partial charge in [0.2, 0.25) is 5.88 Å². The van der Waals surface area contributed by atoms with E-state index in [1.165, 1.54) is 0 Å². The molecule has 6 nitrogen and oxygen atoms in total. The molecule has 2 heterocycles. The van der Waals surface area contributed by atoms with E-state index < -0.39 is 6.10 Å². The van der Waals surface area contributed by atoms with Crippen LogP contribution in [-0.2, 0) is 9.53 Å². The molecule has 2 aromatic rings. The highest BCUT2D eigenvalue weighted by atomic mass is 16.5. The molecule has 0 spiro atoms. The Kier molecular flexibility index (Phi) is 5.15. The van der Waals surface area contributed by atoms with E-state index in [0.29, 0.717) is 12.4 Å². The summed E-state index contributed by atoms with van der Waals surface area (Å²) >= 11 is 0. The predicted molar refractivity (Wildman–Crippen MR) is 90.4 cm³/mol. The van der Waals surface area contributed by atoms with Crippen LogP contribution in [0.3, 0.4) is 0 Å². The minimum absolute atomic E-state index is 0.125. The van der Waals surface area contributed by atoms with Crippen molar-refractivity contribution >= 4 is 5.91 Å². The van der Waals surface area contributed by atoms with E-state index in [4.69, 9.17) is 9.47 Å². The van der Waals surface area contributed by atoms with Crippen LogP contribution in [-0.4, -0.2) is 41.0 Å². The lowest BCUT2D eigenvalue weighted by atomic mass is 10.2. The van der Waals surface area contributed by atoms with Crippen LogP contribution in [0.2, 0.25) is 0 Å². The number of ether oxygens (including phenoxy) is 2. The Morgan fingerprint density at radius 3 is 2.96 bits per heavy atom. The van der Waals surface area contributed by atoms with Crippen LogP contribution < -0.4 is 10.1 Å². The number of hydrogen-bond donors (Lipinski definition) is 1. The minimum Gasteiger partial charge on any atom is -0.463 e. The van der Waals surface area contributed by atoms with Gasteiger partial charge in [0.1, 0.15) is 0 Å². The molecule has 1 aliphatic heterocycles. The quantitative estimate of drug-likeness (QED) is 0.883. The lowest BCUT2D eigenvalue weighted by Crippen LogP contribution is -2.40. The SMILES string of the molecule is Cc1cn(-c2ccccc2)nc1O[C@@H](C)C(=O)NC[C@@H]1CCCO1. The smallest absolute Gasteiger partial charge is 0.260 e. The van der Waals surface area contributed by atoms with Crippen molar-refractivity contribution in [2.45, 2.75) is 38.9 Å². The monoisotopic (exact) mass is 329 g/mol. The Hall–Kier alpha value is -2.34. The van der Waals surface area contributed by atoms with E-state index in [0.717, 1.165) is 30.7 Å². The van der Waals surface area contributed by atoms with Crippen molar-refractivity contribution in [3.05, 3.63) is 42.1 Å². The number of nitrogens with one attached hydrogen (secondary N) is 1. The number of aromatic nitrogens is 2. The van der Waals surface area contributed by atoms with Crippen molar-refractivity contribution in [1.82, 2.24) is 15.1 Å². The van der Waals surface area contributed by atoms with E-state index in [1.807, 2.05) is 43.5 Å². The Morgan fingerprint density at radius 2 is 2.25 bits per heavy atom. The molecule has 6 heteroatoms. The molecule has 1 amide bonds. The number of carbonyl (C=O) groups is 1. The van der Waals surface area contributed by atoms with Crippen LogP contribution in [0.4, 0.5) is 0 Å². The van der Waals surface area contributed by atoms with Gasteiger partial charge in [-0.1, -0.05) is 18.2 Å². The van der Waals surface area contributed by atoms with Gasteiger partial charge in [-0.15, -0.1) is 5.10 Å². The van der Waals surface area contributed by atoms with Crippen LogP contribution in [0, 0.1) is 6.92 Å². The third-order valence-corrected chi connectivity index (χ3v) is 4.06. The number of amides is 1. The van der Waals surface area contributed by atoms with Gasteiger partial charge in [-0.2, -0.15) is 0 Å². The molecule has 2 atom stereocenters. The summed E-state index contributed by atoms with van der Waals surface area (Å²) in [6.45, 7) is 4.96. The van der Waals surface area contributed by atoms with Crippen molar-refractivity contribution < 1.29 is 14.3 Å². The molecule has 3 rings (SSSR count).